The summed E-state index contributed by atoms with van der Waals surface area (Å²) in [6, 6.07) is 0. The Bertz CT molecular complexity index is 877. The van der Waals surface area contributed by atoms with Crippen LogP contribution in [-0.2, 0) is 9.53 Å². The standard InChI is InChI=1S/C40H72O5/c1-5-6-7-8-9-10-11-12-13-14-15-16-17-18-25-45-37(44)22-19-29(2)32-20-21-33-38-34(28-36(43)40(32,33)4)39(3)24-23-31(41)26-30(39)27-35(38)42/h29-36,38,41-43H,5-28H2,1-4H3. The maximum atomic E-state index is 12.6. The Balaban J connectivity index is 1.11. The molecule has 45 heavy (non-hydrogen) atoms. The van der Waals surface area contributed by atoms with Crippen LogP contribution in [0.5, 0.6) is 0 Å². The van der Waals surface area contributed by atoms with Crippen molar-refractivity contribution in [2.75, 3.05) is 6.61 Å². The van der Waals surface area contributed by atoms with Crippen molar-refractivity contribution in [2.24, 2.45) is 46.3 Å². The summed E-state index contributed by atoms with van der Waals surface area (Å²) in [6.07, 6.45) is 25.2. The molecule has 3 N–H and O–H groups in total. The molecule has 4 saturated carbocycles. The summed E-state index contributed by atoms with van der Waals surface area (Å²) in [6.45, 7) is 9.79. The van der Waals surface area contributed by atoms with Gasteiger partial charge in [-0.2, -0.15) is 0 Å². The van der Waals surface area contributed by atoms with Gasteiger partial charge in [0.1, 0.15) is 0 Å². The van der Waals surface area contributed by atoms with Crippen molar-refractivity contribution in [2.45, 2.75) is 194 Å². The van der Waals surface area contributed by atoms with Gasteiger partial charge in [0.2, 0.25) is 0 Å². The highest BCUT2D eigenvalue weighted by Gasteiger charge is 2.65. The van der Waals surface area contributed by atoms with Crippen LogP contribution < -0.4 is 0 Å². The minimum atomic E-state index is -0.374. The monoisotopic (exact) mass is 633 g/mol. The van der Waals surface area contributed by atoms with Crippen molar-refractivity contribution in [3.05, 3.63) is 0 Å². The number of ether oxygens (including phenoxy) is 1. The second-order valence-electron chi connectivity index (χ2n) is 16.9. The van der Waals surface area contributed by atoms with Gasteiger partial charge in [-0.25, -0.2) is 0 Å². The average Bonchev–Trinajstić information content (AvgIpc) is 3.37. The molecular formula is C40H72O5. The Morgan fingerprint density at radius 3 is 2.00 bits per heavy atom. The molecule has 5 nitrogen and oxygen atoms in total. The Morgan fingerprint density at radius 1 is 0.778 bits per heavy atom. The fourth-order valence-corrected chi connectivity index (χ4v) is 11.2. The molecule has 0 aromatic heterocycles. The van der Waals surface area contributed by atoms with Gasteiger partial charge in [0.25, 0.3) is 0 Å². The average molecular weight is 633 g/mol. The summed E-state index contributed by atoms with van der Waals surface area (Å²) in [4.78, 5) is 12.6. The maximum Gasteiger partial charge on any atom is 0.305 e. The van der Waals surface area contributed by atoms with Crippen LogP contribution in [0.25, 0.3) is 0 Å². The van der Waals surface area contributed by atoms with Crippen LogP contribution in [-0.4, -0.2) is 46.2 Å². The lowest BCUT2D eigenvalue weighted by Crippen LogP contribution is -2.62. The van der Waals surface area contributed by atoms with Crippen molar-refractivity contribution >= 4 is 5.97 Å². The molecule has 0 amide bonds. The van der Waals surface area contributed by atoms with E-state index in [9.17, 15) is 20.1 Å². The molecule has 0 aromatic carbocycles. The summed E-state index contributed by atoms with van der Waals surface area (Å²) in [5.41, 5.74) is -0.108. The van der Waals surface area contributed by atoms with Gasteiger partial charge in [-0.15, -0.1) is 0 Å². The van der Waals surface area contributed by atoms with Gasteiger partial charge in [0, 0.05) is 6.42 Å². The lowest BCUT2D eigenvalue weighted by Gasteiger charge is -2.63. The van der Waals surface area contributed by atoms with E-state index in [4.69, 9.17) is 4.74 Å². The number of fused-ring (bicyclic) bond motifs is 5. The van der Waals surface area contributed by atoms with Crippen LogP contribution in [0.2, 0.25) is 0 Å². The van der Waals surface area contributed by atoms with Crippen LogP contribution >= 0.6 is 0 Å². The Labute approximate surface area is 277 Å². The van der Waals surface area contributed by atoms with Gasteiger partial charge in [0.05, 0.1) is 24.9 Å². The lowest BCUT2D eigenvalue weighted by atomic mass is 9.43. The number of rotatable bonds is 19. The molecule has 4 aliphatic carbocycles. The molecular weight excluding hydrogens is 560 g/mol. The Morgan fingerprint density at radius 2 is 1.38 bits per heavy atom. The predicted molar refractivity (Wildman–Crippen MR) is 184 cm³/mol. The first-order chi connectivity index (χ1) is 21.6. The van der Waals surface area contributed by atoms with Crippen LogP contribution in [0, 0.1) is 46.3 Å². The second-order valence-corrected chi connectivity index (χ2v) is 16.9. The summed E-state index contributed by atoms with van der Waals surface area (Å²) >= 11 is 0. The molecule has 5 heteroatoms. The second kappa shape index (κ2) is 17.7. The van der Waals surface area contributed by atoms with E-state index in [2.05, 4.69) is 27.7 Å². The highest BCUT2D eigenvalue weighted by Crippen LogP contribution is 2.68. The first-order valence-corrected chi connectivity index (χ1v) is 19.8. The summed E-state index contributed by atoms with van der Waals surface area (Å²) in [5.74, 6) is 1.87. The molecule has 0 aromatic rings. The van der Waals surface area contributed by atoms with Crippen molar-refractivity contribution in [3.8, 4) is 0 Å². The summed E-state index contributed by atoms with van der Waals surface area (Å²) < 4.78 is 5.63. The number of hydrogen-bond donors (Lipinski definition) is 3. The number of aliphatic hydroxyl groups is 3. The minimum Gasteiger partial charge on any atom is -0.466 e. The SMILES string of the molecule is CCCCCCCCCCCCCCCCOC(=O)CCC(C)C1CCC2C3C(O)CC4CC(O)CCC4(C)C3CC(O)C12C. The van der Waals surface area contributed by atoms with Gasteiger partial charge in [-0.1, -0.05) is 111 Å². The molecule has 0 spiro atoms. The van der Waals surface area contributed by atoms with Gasteiger partial charge in [-0.05, 0) is 104 Å². The molecule has 0 bridgehead atoms. The normalized spacial score (nSPS) is 38.3. The minimum absolute atomic E-state index is 0.0679. The van der Waals surface area contributed by atoms with Crippen LogP contribution in [0.3, 0.4) is 0 Å². The molecule has 11 unspecified atom stereocenters. The van der Waals surface area contributed by atoms with Crippen molar-refractivity contribution < 1.29 is 24.9 Å². The number of hydrogen-bond acceptors (Lipinski definition) is 5. The fraction of sp³-hybridized carbons (Fsp3) is 0.975. The predicted octanol–water partition coefficient (Wildman–Crippen LogP) is 9.39. The molecule has 4 rings (SSSR count). The zero-order valence-corrected chi connectivity index (χ0v) is 29.8. The van der Waals surface area contributed by atoms with E-state index in [0.29, 0.717) is 42.6 Å². The number of unbranched alkanes of at least 4 members (excludes halogenated alkanes) is 13. The highest BCUT2D eigenvalue weighted by atomic mass is 16.5. The molecule has 0 radical (unpaired) electrons. The number of aliphatic hydroxyl groups excluding tert-OH is 3. The van der Waals surface area contributed by atoms with Gasteiger partial charge < -0.3 is 20.1 Å². The fourth-order valence-electron chi connectivity index (χ4n) is 11.2. The number of carbonyl (C=O) groups excluding carboxylic acids is 1. The summed E-state index contributed by atoms with van der Waals surface area (Å²) in [5, 5.41) is 33.7. The van der Waals surface area contributed by atoms with Crippen molar-refractivity contribution in [1.82, 2.24) is 0 Å². The van der Waals surface area contributed by atoms with Gasteiger partial charge in [0.15, 0.2) is 0 Å². The first-order valence-electron chi connectivity index (χ1n) is 19.8. The lowest BCUT2D eigenvalue weighted by molar-refractivity contribution is -0.207. The number of carbonyl (C=O) groups is 1. The quantitative estimate of drug-likeness (QED) is 0.0976. The van der Waals surface area contributed by atoms with E-state index in [0.717, 1.165) is 64.2 Å². The third-order valence-electron chi connectivity index (χ3n) is 14.1. The van der Waals surface area contributed by atoms with E-state index in [1.54, 1.807) is 0 Å². The van der Waals surface area contributed by atoms with E-state index in [-0.39, 0.29) is 41.0 Å². The largest absolute Gasteiger partial charge is 0.466 e. The smallest absolute Gasteiger partial charge is 0.305 e. The molecule has 11 atom stereocenters. The topological polar surface area (TPSA) is 87.0 Å². The highest BCUT2D eigenvalue weighted by molar-refractivity contribution is 5.69. The van der Waals surface area contributed by atoms with E-state index in [1.807, 2.05) is 0 Å². The van der Waals surface area contributed by atoms with Crippen molar-refractivity contribution in [1.29, 1.82) is 0 Å². The molecule has 4 aliphatic rings. The van der Waals surface area contributed by atoms with E-state index >= 15 is 0 Å². The molecule has 0 saturated heterocycles. The molecule has 262 valence electrons. The zero-order chi connectivity index (χ0) is 32.5. The Hall–Kier alpha value is -0.650. The maximum absolute atomic E-state index is 12.6. The van der Waals surface area contributed by atoms with Crippen molar-refractivity contribution in [3.63, 3.8) is 0 Å². The molecule has 0 heterocycles. The van der Waals surface area contributed by atoms with E-state index in [1.165, 1.54) is 77.0 Å². The first kappa shape index (κ1) is 37.2. The van der Waals surface area contributed by atoms with E-state index < -0.39 is 0 Å². The number of esters is 1. The Kier molecular flexibility index (Phi) is 14.6. The third-order valence-corrected chi connectivity index (χ3v) is 14.1. The van der Waals surface area contributed by atoms with Crippen LogP contribution in [0.1, 0.15) is 175 Å². The van der Waals surface area contributed by atoms with Gasteiger partial charge >= 0.3 is 5.97 Å². The van der Waals surface area contributed by atoms with Crippen LogP contribution in [0.4, 0.5) is 0 Å². The summed E-state index contributed by atoms with van der Waals surface area (Å²) in [7, 11) is 0. The zero-order valence-electron chi connectivity index (χ0n) is 29.8. The molecule has 0 aliphatic heterocycles. The third kappa shape index (κ3) is 9.08. The van der Waals surface area contributed by atoms with Crippen LogP contribution in [0.15, 0.2) is 0 Å². The van der Waals surface area contributed by atoms with Gasteiger partial charge in [-0.3, -0.25) is 4.79 Å². The molecule has 4 fully saturated rings.